The van der Waals surface area contributed by atoms with Crippen LogP contribution < -0.4 is 5.32 Å². The second kappa shape index (κ2) is 3.81. The van der Waals surface area contributed by atoms with E-state index in [4.69, 9.17) is 0 Å². The number of fused-ring (bicyclic) bond motifs is 1. The normalized spacial score (nSPS) is 10.9. The van der Waals surface area contributed by atoms with Gasteiger partial charge in [-0.2, -0.15) is 0 Å². The summed E-state index contributed by atoms with van der Waals surface area (Å²) in [6.45, 7) is 4.16. The molecule has 0 aliphatic heterocycles. The van der Waals surface area contributed by atoms with Gasteiger partial charge >= 0.3 is 0 Å². The quantitative estimate of drug-likeness (QED) is 0.811. The lowest BCUT2D eigenvalue weighted by molar-refractivity contribution is 0.783. The van der Waals surface area contributed by atoms with Crippen molar-refractivity contribution in [1.29, 1.82) is 0 Å². The highest BCUT2D eigenvalue weighted by molar-refractivity contribution is 5.84. The molecule has 2 aromatic heterocycles. The molecule has 0 aliphatic carbocycles. The van der Waals surface area contributed by atoms with Crippen LogP contribution in [-0.2, 0) is 0 Å². The van der Waals surface area contributed by atoms with Gasteiger partial charge in [0.1, 0.15) is 11.3 Å². The van der Waals surface area contributed by atoms with Crippen molar-refractivity contribution in [3.8, 4) is 0 Å². The number of nitrogens with zero attached hydrogens (tertiary/aromatic N) is 3. The summed E-state index contributed by atoms with van der Waals surface area (Å²) in [5.41, 5.74) is 1.71. The van der Waals surface area contributed by atoms with Crippen LogP contribution in [0.2, 0.25) is 0 Å². The number of rotatable bonds is 2. The first-order valence-corrected chi connectivity index (χ1v) is 5.02. The summed E-state index contributed by atoms with van der Waals surface area (Å²) >= 11 is 0. The van der Waals surface area contributed by atoms with Gasteiger partial charge in [0.15, 0.2) is 5.82 Å². The maximum Gasteiger partial charge on any atom is 0.156 e. The van der Waals surface area contributed by atoms with E-state index in [1.165, 1.54) is 0 Å². The molecule has 2 heterocycles. The first-order chi connectivity index (χ1) is 7.22. The van der Waals surface area contributed by atoms with Gasteiger partial charge in [-0.25, -0.2) is 9.97 Å². The van der Waals surface area contributed by atoms with E-state index in [1.54, 1.807) is 6.20 Å². The number of anilines is 1. The zero-order valence-electron chi connectivity index (χ0n) is 9.15. The summed E-state index contributed by atoms with van der Waals surface area (Å²) < 4.78 is 0. The fourth-order valence-corrected chi connectivity index (χ4v) is 1.42. The zero-order valence-corrected chi connectivity index (χ0v) is 9.15. The van der Waals surface area contributed by atoms with Crippen LogP contribution in [0, 0.1) is 0 Å². The molecule has 0 aromatic carbocycles. The lowest BCUT2D eigenvalue weighted by atomic mass is 10.2. The van der Waals surface area contributed by atoms with Crippen molar-refractivity contribution in [3.63, 3.8) is 0 Å². The van der Waals surface area contributed by atoms with Crippen molar-refractivity contribution >= 4 is 16.9 Å². The van der Waals surface area contributed by atoms with E-state index in [0.717, 1.165) is 22.7 Å². The molecule has 2 aromatic rings. The molecule has 0 unspecified atom stereocenters. The van der Waals surface area contributed by atoms with E-state index in [2.05, 4.69) is 34.1 Å². The summed E-state index contributed by atoms with van der Waals surface area (Å²) in [4.78, 5) is 13.2. The average molecular weight is 202 g/mol. The number of pyridine rings is 1. The molecule has 0 saturated heterocycles. The molecule has 4 heteroatoms. The lowest BCUT2D eigenvalue weighted by Gasteiger charge is -2.08. The standard InChI is InChI=1S/C11H14N4/c1-7(2)10-14-8-5-4-6-13-9(8)11(12-3)15-10/h4-7H,1-3H3,(H,12,14,15). The van der Waals surface area contributed by atoms with Gasteiger partial charge < -0.3 is 5.32 Å². The number of aromatic nitrogens is 3. The molecule has 1 N–H and O–H groups in total. The predicted octanol–water partition coefficient (Wildman–Crippen LogP) is 2.19. The van der Waals surface area contributed by atoms with E-state index < -0.39 is 0 Å². The van der Waals surface area contributed by atoms with Gasteiger partial charge in [-0.3, -0.25) is 4.98 Å². The molecule has 0 fully saturated rings. The van der Waals surface area contributed by atoms with Crippen LogP contribution in [0.5, 0.6) is 0 Å². The van der Waals surface area contributed by atoms with Crippen LogP contribution >= 0.6 is 0 Å². The minimum absolute atomic E-state index is 0.321. The minimum Gasteiger partial charge on any atom is -0.371 e. The third kappa shape index (κ3) is 1.75. The van der Waals surface area contributed by atoms with Gasteiger partial charge in [0.05, 0.1) is 5.52 Å². The van der Waals surface area contributed by atoms with Crippen LogP contribution in [0.1, 0.15) is 25.6 Å². The molecule has 15 heavy (non-hydrogen) atoms. The first-order valence-electron chi connectivity index (χ1n) is 5.02. The Hall–Kier alpha value is -1.71. The SMILES string of the molecule is CNc1nc(C(C)C)nc2cccnc12. The highest BCUT2D eigenvalue weighted by Crippen LogP contribution is 2.20. The fourth-order valence-electron chi connectivity index (χ4n) is 1.42. The Morgan fingerprint density at radius 3 is 2.73 bits per heavy atom. The Morgan fingerprint density at radius 1 is 1.27 bits per heavy atom. The largest absolute Gasteiger partial charge is 0.371 e. The fraction of sp³-hybridized carbons (Fsp3) is 0.364. The van der Waals surface area contributed by atoms with Crippen LogP contribution in [0.3, 0.4) is 0 Å². The van der Waals surface area contributed by atoms with Gasteiger partial charge in [-0.15, -0.1) is 0 Å². The molecular weight excluding hydrogens is 188 g/mol. The van der Waals surface area contributed by atoms with E-state index in [9.17, 15) is 0 Å². The summed E-state index contributed by atoms with van der Waals surface area (Å²) in [5.74, 6) is 1.96. The van der Waals surface area contributed by atoms with Gasteiger partial charge in [0, 0.05) is 19.2 Å². The molecule has 0 amide bonds. The van der Waals surface area contributed by atoms with Crippen molar-refractivity contribution in [2.24, 2.45) is 0 Å². The zero-order chi connectivity index (χ0) is 10.8. The average Bonchev–Trinajstić information content (AvgIpc) is 2.27. The van der Waals surface area contributed by atoms with Gasteiger partial charge in [0.2, 0.25) is 0 Å². The van der Waals surface area contributed by atoms with Crippen molar-refractivity contribution in [1.82, 2.24) is 15.0 Å². The third-order valence-corrected chi connectivity index (χ3v) is 2.23. The van der Waals surface area contributed by atoms with Gasteiger partial charge in [0.25, 0.3) is 0 Å². The molecule has 0 aliphatic rings. The van der Waals surface area contributed by atoms with E-state index in [-0.39, 0.29) is 0 Å². The molecule has 2 rings (SSSR count). The molecule has 4 nitrogen and oxygen atoms in total. The molecule has 0 saturated carbocycles. The van der Waals surface area contributed by atoms with Crippen molar-refractivity contribution in [3.05, 3.63) is 24.2 Å². The molecule has 0 bridgehead atoms. The Morgan fingerprint density at radius 2 is 2.07 bits per heavy atom. The first kappa shape index (κ1) is 9.83. The molecule has 0 atom stereocenters. The Kier molecular flexibility index (Phi) is 2.49. The van der Waals surface area contributed by atoms with Crippen molar-refractivity contribution in [2.45, 2.75) is 19.8 Å². The van der Waals surface area contributed by atoms with Crippen molar-refractivity contribution < 1.29 is 0 Å². The Bertz CT molecular complexity index is 479. The Balaban J connectivity index is 2.71. The second-order valence-electron chi connectivity index (χ2n) is 3.71. The highest BCUT2D eigenvalue weighted by Gasteiger charge is 2.09. The topological polar surface area (TPSA) is 50.7 Å². The summed E-state index contributed by atoms with van der Waals surface area (Å²) in [7, 11) is 1.85. The molecule has 0 radical (unpaired) electrons. The smallest absolute Gasteiger partial charge is 0.156 e. The summed E-state index contributed by atoms with van der Waals surface area (Å²) in [6, 6.07) is 3.84. The minimum atomic E-state index is 0.321. The number of nitrogens with one attached hydrogen (secondary N) is 1. The maximum absolute atomic E-state index is 4.47. The Labute approximate surface area is 88.8 Å². The lowest BCUT2D eigenvalue weighted by Crippen LogP contribution is -2.03. The third-order valence-electron chi connectivity index (χ3n) is 2.23. The van der Waals surface area contributed by atoms with Crippen molar-refractivity contribution in [2.75, 3.05) is 12.4 Å². The van der Waals surface area contributed by atoms with Crippen LogP contribution in [0.15, 0.2) is 18.3 Å². The number of hydrogen-bond donors (Lipinski definition) is 1. The van der Waals surface area contributed by atoms with Gasteiger partial charge in [-0.1, -0.05) is 13.8 Å². The van der Waals surface area contributed by atoms with E-state index in [1.807, 2.05) is 19.2 Å². The van der Waals surface area contributed by atoms with Crippen LogP contribution in [-0.4, -0.2) is 22.0 Å². The van der Waals surface area contributed by atoms with E-state index >= 15 is 0 Å². The highest BCUT2D eigenvalue weighted by atomic mass is 15.0. The molecule has 78 valence electrons. The predicted molar refractivity (Wildman–Crippen MR) is 61.0 cm³/mol. The monoisotopic (exact) mass is 202 g/mol. The molecule has 0 spiro atoms. The maximum atomic E-state index is 4.47. The molecular formula is C11H14N4. The van der Waals surface area contributed by atoms with Crippen LogP contribution in [0.4, 0.5) is 5.82 Å². The summed E-state index contributed by atoms with van der Waals surface area (Å²) in [5, 5.41) is 3.05. The second-order valence-corrected chi connectivity index (χ2v) is 3.71. The summed E-state index contributed by atoms with van der Waals surface area (Å²) in [6.07, 6.45) is 1.75. The van der Waals surface area contributed by atoms with E-state index in [0.29, 0.717) is 5.92 Å². The number of hydrogen-bond acceptors (Lipinski definition) is 4. The van der Waals surface area contributed by atoms with Crippen LogP contribution in [0.25, 0.3) is 11.0 Å². The van der Waals surface area contributed by atoms with Gasteiger partial charge in [-0.05, 0) is 12.1 Å².